The van der Waals surface area contributed by atoms with Gasteiger partial charge in [0.1, 0.15) is 17.6 Å². The maximum absolute atomic E-state index is 14.6. The number of aliphatic hydroxyl groups is 1. The molecule has 3 N–H and O–H groups in total. The third kappa shape index (κ3) is 5.41. The Balaban J connectivity index is 1.99. The standard InChI is InChI=1S/C23H30F3N5O3/c1-23(2,3)20(21(33)27-7-5-9-32)28-22(34)31-18-6-8-30(4)12-14(18)19(29-31)13-10-16(25)17(26)11-15(13)24/h10-11,20,32H,5-9,12H2,1-4H3,(H,27,33)(H,28,34)/t20-/m1/s1. The Morgan fingerprint density at radius 3 is 2.50 bits per heavy atom. The van der Waals surface area contributed by atoms with Gasteiger partial charge in [0.2, 0.25) is 5.91 Å². The van der Waals surface area contributed by atoms with Crippen LogP contribution in [0.4, 0.5) is 18.0 Å². The van der Waals surface area contributed by atoms with Crippen molar-refractivity contribution in [2.45, 2.75) is 46.2 Å². The van der Waals surface area contributed by atoms with E-state index < -0.39 is 40.8 Å². The quantitative estimate of drug-likeness (QED) is 0.435. The summed E-state index contributed by atoms with van der Waals surface area (Å²) in [6.45, 7) is 6.49. The molecule has 1 aromatic heterocycles. The molecular weight excluding hydrogens is 451 g/mol. The number of amides is 2. The molecule has 1 aliphatic heterocycles. The van der Waals surface area contributed by atoms with Crippen molar-refractivity contribution in [1.82, 2.24) is 25.3 Å². The van der Waals surface area contributed by atoms with Crippen molar-refractivity contribution in [3.63, 3.8) is 0 Å². The molecule has 0 fully saturated rings. The third-order valence-corrected chi connectivity index (χ3v) is 5.74. The lowest BCUT2D eigenvalue weighted by Crippen LogP contribution is -2.55. The summed E-state index contributed by atoms with van der Waals surface area (Å²) < 4.78 is 43.1. The number of nitrogens with one attached hydrogen (secondary N) is 2. The summed E-state index contributed by atoms with van der Waals surface area (Å²) in [6, 6.07) is -0.424. The summed E-state index contributed by atoms with van der Waals surface area (Å²) in [6.07, 6.45) is 0.792. The first kappa shape index (κ1) is 25.7. The summed E-state index contributed by atoms with van der Waals surface area (Å²) in [5.41, 5.74) is 0.206. The molecule has 0 unspecified atom stereocenters. The molecule has 0 bridgehead atoms. The number of rotatable bonds is 6. The number of likely N-dealkylation sites (N-methyl/N-ethyl adjacent to an activating group) is 1. The van der Waals surface area contributed by atoms with E-state index in [1.54, 1.807) is 20.8 Å². The first-order valence-electron chi connectivity index (χ1n) is 11.1. The number of carbonyl (C=O) groups excluding carboxylic acids is 2. The maximum Gasteiger partial charge on any atom is 0.343 e. The van der Waals surface area contributed by atoms with Gasteiger partial charge in [0.25, 0.3) is 0 Å². The summed E-state index contributed by atoms with van der Waals surface area (Å²) in [7, 11) is 1.85. The molecule has 2 heterocycles. The minimum Gasteiger partial charge on any atom is -0.396 e. The Morgan fingerprint density at radius 2 is 1.85 bits per heavy atom. The van der Waals surface area contributed by atoms with Gasteiger partial charge in [-0.3, -0.25) is 4.79 Å². The zero-order chi connectivity index (χ0) is 25.2. The molecule has 3 rings (SSSR count). The molecular formula is C23H30F3N5O3. The highest BCUT2D eigenvalue weighted by molar-refractivity contribution is 5.89. The first-order chi connectivity index (χ1) is 15.9. The molecule has 11 heteroatoms. The highest BCUT2D eigenvalue weighted by Gasteiger charge is 2.35. The van der Waals surface area contributed by atoms with Gasteiger partial charge in [-0.2, -0.15) is 9.78 Å². The lowest BCUT2D eigenvalue weighted by atomic mass is 9.86. The topological polar surface area (TPSA) is 99.5 Å². The van der Waals surface area contributed by atoms with Crippen molar-refractivity contribution < 1.29 is 27.9 Å². The number of fused-ring (bicyclic) bond motifs is 1. The zero-order valence-corrected chi connectivity index (χ0v) is 19.7. The van der Waals surface area contributed by atoms with Crippen LogP contribution in [-0.2, 0) is 17.8 Å². The molecule has 34 heavy (non-hydrogen) atoms. The average Bonchev–Trinajstić information content (AvgIpc) is 3.12. The van der Waals surface area contributed by atoms with E-state index in [0.29, 0.717) is 43.3 Å². The lowest BCUT2D eigenvalue weighted by Gasteiger charge is -2.30. The van der Waals surface area contributed by atoms with E-state index in [0.717, 1.165) is 10.7 Å². The van der Waals surface area contributed by atoms with Crippen LogP contribution in [0.5, 0.6) is 0 Å². The van der Waals surface area contributed by atoms with E-state index in [-0.39, 0.29) is 24.4 Å². The molecule has 0 saturated carbocycles. The summed E-state index contributed by atoms with van der Waals surface area (Å²) >= 11 is 0. The number of hydrogen-bond donors (Lipinski definition) is 3. The van der Waals surface area contributed by atoms with Crippen LogP contribution < -0.4 is 10.6 Å². The van der Waals surface area contributed by atoms with E-state index in [2.05, 4.69) is 15.7 Å². The molecule has 1 atom stereocenters. The second-order valence-electron chi connectivity index (χ2n) is 9.54. The Labute approximate surface area is 196 Å². The van der Waals surface area contributed by atoms with E-state index in [1.807, 2.05) is 11.9 Å². The van der Waals surface area contributed by atoms with Gasteiger partial charge in [0.15, 0.2) is 11.6 Å². The molecule has 8 nitrogen and oxygen atoms in total. The Morgan fingerprint density at radius 1 is 1.18 bits per heavy atom. The maximum atomic E-state index is 14.6. The van der Waals surface area contributed by atoms with Gasteiger partial charge in [-0.1, -0.05) is 20.8 Å². The van der Waals surface area contributed by atoms with E-state index in [1.165, 1.54) is 0 Å². The molecule has 0 saturated heterocycles. The Hall–Kier alpha value is -2.92. The molecule has 2 aromatic rings. The fourth-order valence-corrected chi connectivity index (χ4v) is 3.89. The first-order valence-corrected chi connectivity index (χ1v) is 11.1. The highest BCUT2D eigenvalue weighted by Crippen LogP contribution is 2.32. The van der Waals surface area contributed by atoms with Crippen molar-refractivity contribution in [2.24, 2.45) is 5.41 Å². The number of halogens is 3. The normalized spacial score (nSPS) is 15.1. The van der Waals surface area contributed by atoms with E-state index >= 15 is 0 Å². The fraction of sp³-hybridized carbons (Fsp3) is 0.522. The van der Waals surface area contributed by atoms with Gasteiger partial charge in [-0.25, -0.2) is 18.0 Å². The van der Waals surface area contributed by atoms with Crippen molar-refractivity contribution in [3.8, 4) is 11.3 Å². The fourth-order valence-electron chi connectivity index (χ4n) is 3.89. The minimum atomic E-state index is -1.32. The van der Waals surface area contributed by atoms with Crippen molar-refractivity contribution in [2.75, 3.05) is 26.7 Å². The van der Waals surface area contributed by atoms with Crippen LogP contribution in [0.3, 0.4) is 0 Å². The van der Waals surface area contributed by atoms with Crippen molar-refractivity contribution in [3.05, 3.63) is 40.8 Å². The van der Waals surface area contributed by atoms with Crippen molar-refractivity contribution >= 4 is 11.9 Å². The Bertz CT molecular complexity index is 1080. The van der Waals surface area contributed by atoms with Crippen LogP contribution in [0.15, 0.2) is 12.1 Å². The second-order valence-corrected chi connectivity index (χ2v) is 9.54. The average molecular weight is 482 g/mol. The number of aliphatic hydroxyl groups excluding tert-OH is 1. The van der Waals surface area contributed by atoms with Crippen LogP contribution in [0.2, 0.25) is 0 Å². The number of carbonyl (C=O) groups is 2. The predicted octanol–water partition coefficient (Wildman–Crippen LogP) is 2.43. The highest BCUT2D eigenvalue weighted by atomic mass is 19.2. The van der Waals surface area contributed by atoms with E-state index in [9.17, 15) is 22.8 Å². The Kier molecular flexibility index (Phi) is 7.67. The summed E-state index contributed by atoms with van der Waals surface area (Å²) in [5.74, 6) is -3.94. The summed E-state index contributed by atoms with van der Waals surface area (Å²) in [4.78, 5) is 27.9. The lowest BCUT2D eigenvalue weighted by molar-refractivity contribution is -0.125. The third-order valence-electron chi connectivity index (χ3n) is 5.74. The molecule has 0 radical (unpaired) electrons. The van der Waals surface area contributed by atoms with Gasteiger partial charge in [0, 0.05) is 49.9 Å². The number of nitrogens with zero attached hydrogens (tertiary/aromatic N) is 3. The van der Waals surface area contributed by atoms with Crippen LogP contribution in [0.25, 0.3) is 11.3 Å². The van der Waals surface area contributed by atoms with Gasteiger partial charge in [-0.05, 0) is 24.9 Å². The largest absolute Gasteiger partial charge is 0.396 e. The predicted molar refractivity (Wildman–Crippen MR) is 119 cm³/mol. The zero-order valence-electron chi connectivity index (χ0n) is 19.7. The molecule has 0 aliphatic carbocycles. The molecule has 1 aromatic carbocycles. The van der Waals surface area contributed by atoms with Gasteiger partial charge < -0.3 is 20.6 Å². The monoisotopic (exact) mass is 481 g/mol. The minimum absolute atomic E-state index is 0.0489. The molecule has 1 aliphatic rings. The van der Waals surface area contributed by atoms with Crippen LogP contribution >= 0.6 is 0 Å². The van der Waals surface area contributed by atoms with Crippen LogP contribution in [-0.4, -0.2) is 64.5 Å². The van der Waals surface area contributed by atoms with Crippen LogP contribution in [0.1, 0.15) is 38.4 Å². The SMILES string of the molecule is CN1CCc2c(c(-c3cc(F)c(F)cc3F)nn2C(=O)N[C@H](C(=O)NCCCO)C(C)(C)C)C1. The van der Waals surface area contributed by atoms with Gasteiger partial charge in [-0.15, -0.1) is 0 Å². The smallest absolute Gasteiger partial charge is 0.343 e. The number of benzene rings is 1. The summed E-state index contributed by atoms with van der Waals surface area (Å²) in [5, 5.41) is 18.6. The van der Waals surface area contributed by atoms with Crippen LogP contribution in [0, 0.1) is 22.9 Å². The molecule has 186 valence electrons. The van der Waals surface area contributed by atoms with Crippen molar-refractivity contribution in [1.29, 1.82) is 0 Å². The molecule has 0 spiro atoms. The number of hydrogen-bond acceptors (Lipinski definition) is 5. The van der Waals surface area contributed by atoms with E-state index in [4.69, 9.17) is 5.11 Å². The van der Waals surface area contributed by atoms with Gasteiger partial charge >= 0.3 is 6.03 Å². The second kappa shape index (κ2) is 10.1. The number of aromatic nitrogens is 2. The van der Waals surface area contributed by atoms with Gasteiger partial charge in [0.05, 0.1) is 5.69 Å². The molecule has 2 amide bonds.